The second-order valence-corrected chi connectivity index (χ2v) is 5.14. The maximum atomic E-state index is 12.3. The lowest BCUT2D eigenvalue weighted by atomic mass is 9.93. The van der Waals surface area contributed by atoms with Gasteiger partial charge in [-0.3, -0.25) is 4.79 Å². The Labute approximate surface area is 114 Å². The molecule has 4 heteroatoms. The summed E-state index contributed by atoms with van der Waals surface area (Å²) in [7, 11) is 1.97. The number of aromatic hydroxyl groups is 1. The molecule has 0 aromatic heterocycles. The summed E-state index contributed by atoms with van der Waals surface area (Å²) in [6.07, 6.45) is 3.29. The molecule has 0 spiro atoms. The zero-order chi connectivity index (χ0) is 13.7. The summed E-state index contributed by atoms with van der Waals surface area (Å²) < 4.78 is 0. The number of phenolic OH excluding ortho intramolecular Hbond substituents is 1. The number of carbonyl (C=O) groups is 1. The molecule has 1 aliphatic heterocycles. The minimum atomic E-state index is -0.0508. The topological polar surface area (TPSA) is 52.6 Å². The first-order chi connectivity index (χ1) is 9.22. The van der Waals surface area contributed by atoms with Crippen molar-refractivity contribution < 1.29 is 9.90 Å². The van der Waals surface area contributed by atoms with Crippen molar-refractivity contribution in [2.45, 2.75) is 19.3 Å². The zero-order valence-corrected chi connectivity index (χ0v) is 11.4. The van der Waals surface area contributed by atoms with Crippen LogP contribution < -0.4 is 5.32 Å². The lowest BCUT2D eigenvalue weighted by Crippen LogP contribution is -2.39. The van der Waals surface area contributed by atoms with E-state index in [0.717, 1.165) is 32.5 Å². The van der Waals surface area contributed by atoms with Gasteiger partial charge in [-0.15, -0.1) is 0 Å². The first kappa shape index (κ1) is 13.9. The van der Waals surface area contributed by atoms with Crippen molar-refractivity contribution in [1.82, 2.24) is 10.2 Å². The highest BCUT2D eigenvalue weighted by Crippen LogP contribution is 2.24. The Bertz CT molecular complexity index is 426. The van der Waals surface area contributed by atoms with E-state index in [1.165, 1.54) is 6.42 Å². The van der Waals surface area contributed by atoms with Crippen LogP contribution in [0.4, 0.5) is 0 Å². The minimum Gasteiger partial charge on any atom is -0.507 e. The van der Waals surface area contributed by atoms with Crippen molar-refractivity contribution in [2.75, 3.05) is 26.7 Å². The molecule has 1 amide bonds. The van der Waals surface area contributed by atoms with Gasteiger partial charge >= 0.3 is 0 Å². The average Bonchev–Trinajstić information content (AvgIpc) is 2.45. The van der Waals surface area contributed by atoms with Crippen LogP contribution in [0.2, 0.25) is 0 Å². The van der Waals surface area contributed by atoms with Crippen molar-refractivity contribution in [1.29, 1.82) is 0 Å². The van der Waals surface area contributed by atoms with Crippen LogP contribution in [0.5, 0.6) is 5.75 Å². The van der Waals surface area contributed by atoms with Crippen LogP contribution in [0.3, 0.4) is 0 Å². The molecule has 1 saturated heterocycles. The van der Waals surface area contributed by atoms with Gasteiger partial charge in [0.25, 0.3) is 5.91 Å². The highest BCUT2D eigenvalue weighted by Gasteiger charge is 2.24. The summed E-state index contributed by atoms with van der Waals surface area (Å²) in [4.78, 5) is 14.1. The molecule has 1 heterocycles. The molecule has 104 valence electrons. The fraction of sp³-hybridized carbons (Fsp3) is 0.533. The van der Waals surface area contributed by atoms with E-state index in [-0.39, 0.29) is 11.7 Å². The van der Waals surface area contributed by atoms with E-state index in [4.69, 9.17) is 0 Å². The van der Waals surface area contributed by atoms with Crippen LogP contribution in [0.25, 0.3) is 0 Å². The Morgan fingerprint density at radius 2 is 2.05 bits per heavy atom. The molecule has 1 aliphatic rings. The first-order valence-corrected chi connectivity index (χ1v) is 6.94. The maximum Gasteiger partial charge on any atom is 0.257 e. The number of phenols is 1. The highest BCUT2D eigenvalue weighted by atomic mass is 16.3. The van der Waals surface area contributed by atoms with Crippen LogP contribution in [0.15, 0.2) is 24.3 Å². The number of likely N-dealkylation sites (tertiary alicyclic amines) is 1. The van der Waals surface area contributed by atoms with Gasteiger partial charge in [0.2, 0.25) is 0 Å². The number of hydrogen-bond acceptors (Lipinski definition) is 3. The predicted octanol–water partition coefficient (Wildman–Crippen LogP) is 1.85. The Morgan fingerprint density at radius 1 is 1.37 bits per heavy atom. The molecule has 2 N–H and O–H groups in total. The van der Waals surface area contributed by atoms with E-state index in [1.807, 2.05) is 11.9 Å². The smallest absolute Gasteiger partial charge is 0.257 e. The average molecular weight is 262 g/mol. The van der Waals surface area contributed by atoms with Gasteiger partial charge in [-0.25, -0.2) is 0 Å². The van der Waals surface area contributed by atoms with Gasteiger partial charge in [0.05, 0.1) is 5.56 Å². The summed E-state index contributed by atoms with van der Waals surface area (Å²) in [5.41, 5.74) is 0.413. The lowest BCUT2D eigenvalue weighted by Gasteiger charge is -2.32. The maximum absolute atomic E-state index is 12.3. The third-order valence-electron chi connectivity index (χ3n) is 3.84. The van der Waals surface area contributed by atoms with E-state index in [1.54, 1.807) is 24.3 Å². The summed E-state index contributed by atoms with van der Waals surface area (Å²) >= 11 is 0. The number of piperidine rings is 1. The highest BCUT2D eigenvalue weighted by molar-refractivity contribution is 5.96. The fourth-order valence-corrected chi connectivity index (χ4v) is 2.60. The van der Waals surface area contributed by atoms with Gasteiger partial charge in [-0.05, 0) is 50.9 Å². The molecular formula is C15H22N2O2. The molecule has 0 unspecified atom stereocenters. The predicted molar refractivity (Wildman–Crippen MR) is 75.3 cm³/mol. The summed E-state index contributed by atoms with van der Waals surface area (Å²) in [6.45, 7) is 2.63. The largest absolute Gasteiger partial charge is 0.507 e. The number of benzene rings is 1. The minimum absolute atomic E-state index is 0.0508. The number of rotatable bonds is 4. The SMILES string of the molecule is CNCCC1CCN(C(=O)c2ccccc2O)CC1. The summed E-state index contributed by atoms with van der Waals surface area (Å²) in [5.74, 6) is 0.732. The molecule has 0 aliphatic carbocycles. The van der Waals surface area contributed by atoms with E-state index < -0.39 is 0 Å². The Hall–Kier alpha value is -1.55. The second-order valence-electron chi connectivity index (χ2n) is 5.14. The molecule has 0 atom stereocenters. The van der Waals surface area contributed by atoms with Gasteiger partial charge in [-0.2, -0.15) is 0 Å². The van der Waals surface area contributed by atoms with E-state index in [2.05, 4.69) is 5.32 Å². The number of nitrogens with zero attached hydrogens (tertiary/aromatic N) is 1. The first-order valence-electron chi connectivity index (χ1n) is 6.94. The van der Waals surface area contributed by atoms with Gasteiger partial charge < -0.3 is 15.3 Å². The molecule has 1 aromatic rings. The van der Waals surface area contributed by atoms with Crippen molar-refractivity contribution in [3.63, 3.8) is 0 Å². The third kappa shape index (κ3) is 3.47. The molecule has 0 bridgehead atoms. The van der Waals surface area contributed by atoms with Gasteiger partial charge in [-0.1, -0.05) is 12.1 Å². The molecule has 0 radical (unpaired) electrons. The quantitative estimate of drug-likeness (QED) is 0.870. The standard InChI is InChI=1S/C15H22N2O2/c1-16-9-6-12-7-10-17(11-8-12)15(19)13-4-2-3-5-14(13)18/h2-5,12,16,18H,6-11H2,1H3. The van der Waals surface area contributed by atoms with Crippen molar-refractivity contribution >= 4 is 5.91 Å². The van der Waals surface area contributed by atoms with E-state index in [0.29, 0.717) is 11.5 Å². The summed E-state index contributed by atoms with van der Waals surface area (Å²) in [6, 6.07) is 6.76. The molecule has 1 fully saturated rings. The Balaban J connectivity index is 1.91. The van der Waals surface area contributed by atoms with Gasteiger partial charge in [0.1, 0.15) is 5.75 Å². The number of hydrogen-bond donors (Lipinski definition) is 2. The number of para-hydroxylation sites is 1. The van der Waals surface area contributed by atoms with Gasteiger partial charge in [0.15, 0.2) is 0 Å². The molecule has 1 aromatic carbocycles. The number of amides is 1. The Kier molecular flexibility index (Phi) is 4.80. The molecular weight excluding hydrogens is 240 g/mol. The number of carbonyl (C=O) groups excluding carboxylic acids is 1. The molecule has 4 nitrogen and oxygen atoms in total. The molecule has 2 rings (SSSR count). The Morgan fingerprint density at radius 3 is 2.68 bits per heavy atom. The number of nitrogens with one attached hydrogen (secondary N) is 1. The van der Waals surface area contributed by atoms with E-state index >= 15 is 0 Å². The lowest BCUT2D eigenvalue weighted by molar-refractivity contribution is 0.0684. The van der Waals surface area contributed by atoms with E-state index in [9.17, 15) is 9.90 Å². The van der Waals surface area contributed by atoms with Crippen molar-refractivity contribution in [3.05, 3.63) is 29.8 Å². The van der Waals surface area contributed by atoms with Crippen LogP contribution in [-0.2, 0) is 0 Å². The van der Waals surface area contributed by atoms with Crippen molar-refractivity contribution in [2.24, 2.45) is 5.92 Å². The van der Waals surface area contributed by atoms with Crippen molar-refractivity contribution in [3.8, 4) is 5.75 Å². The van der Waals surface area contributed by atoms with Crippen LogP contribution in [-0.4, -0.2) is 42.6 Å². The van der Waals surface area contributed by atoms with Gasteiger partial charge in [0, 0.05) is 13.1 Å². The normalized spacial score (nSPS) is 16.6. The monoisotopic (exact) mass is 262 g/mol. The zero-order valence-electron chi connectivity index (χ0n) is 11.4. The summed E-state index contributed by atoms with van der Waals surface area (Å²) in [5, 5.41) is 12.9. The molecule has 0 saturated carbocycles. The fourth-order valence-electron chi connectivity index (χ4n) is 2.60. The van der Waals surface area contributed by atoms with Crippen LogP contribution in [0.1, 0.15) is 29.6 Å². The second kappa shape index (κ2) is 6.57. The third-order valence-corrected chi connectivity index (χ3v) is 3.84. The molecule has 19 heavy (non-hydrogen) atoms. The van der Waals surface area contributed by atoms with Crippen LogP contribution >= 0.6 is 0 Å². The van der Waals surface area contributed by atoms with Crippen LogP contribution in [0, 0.1) is 5.92 Å².